The van der Waals surface area contributed by atoms with Crippen LogP contribution in [0.25, 0.3) is 11.3 Å². The van der Waals surface area contributed by atoms with Crippen molar-refractivity contribution < 1.29 is 24.2 Å². The maximum Gasteiger partial charge on any atom is 0.410 e. The average Bonchev–Trinajstić information content (AvgIpc) is 3.48. The van der Waals surface area contributed by atoms with Gasteiger partial charge in [-0.1, -0.05) is 48.5 Å². The number of amides is 2. The Bertz CT molecular complexity index is 1130. The summed E-state index contributed by atoms with van der Waals surface area (Å²) in [6.07, 6.45) is 0.710. The topological polar surface area (TPSA) is 109 Å². The van der Waals surface area contributed by atoms with Crippen molar-refractivity contribution in [3.63, 3.8) is 0 Å². The Hall–Kier alpha value is -3.72. The lowest BCUT2D eigenvalue weighted by atomic mass is 10.1. The molecule has 0 aliphatic carbocycles. The molecule has 3 aromatic rings. The van der Waals surface area contributed by atoms with Crippen molar-refractivity contribution in [1.82, 2.24) is 9.88 Å². The van der Waals surface area contributed by atoms with Crippen molar-refractivity contribution in [3.8, 4) is 11.3 Å². The van der Waals surface area contributed by atoms with E-state index < -0.39 is 18.1 Å². The van der Waals surface area contributed by atoms with Crippen LogP contribution in [0.5, 0.6) is 0 Å². The van der Waals surface area contributed by atoms with Crippen LogP contribution < -0.4 is 5.32 Å². The minimum atomic E-state index is -1.05. The van der Waals surface area contributed by atoms with Crippen molar-refractivity contribution in [2.45, 2.75) is 25.5 Å². The molecule has 1 aliphatic heterocycles. The molecule has 1 fully saturated rings. The van der Waals surface area contributed by atoms with Gasteiger partial charge in [-0.3, -0.25) is 9.69 Å². The highest BCUT2D eigenvalue weighted by Gasteiger charge is 2.35. The van der Waals surface area contributed by atoms with Crippen LogP contribution in [-0.2, 0) is 16.1 Å². The zero-order valence-electron chi connectivity index (χ0n) is 17.1. The number of anilines is 1. The fraction of sp³-hybridized carbons (Fsp3) is 0.217. The van der Waals surface area contributed by atoms with Gasteiger partial charge in [-0.2, -0.15) is 0 Å². The Kier molecular flexibility index (Phi) is 6.46. The predicted molar refractivity (Wildman–Crippen MR) is 119 cm³/mol. The van der Waals surface area contributed by atoms with Crippen molar-refractivity contribution >= 4 is 34.4 Å². The standard InChI is InChI=1S/C23H21N3O5S/c27-20(19-11-6-12-26(19)23(30)31-13-15-7-2-1-3-8-15)25-22-24-18(14-32-22)16-9-4-5-10-17(16)21(28)29/h1-5,7-10,14,19H,6,11-13H2,(H,28,29)(H,24,25,27). The summed E-state index contributed by atoms with van der Waals surface area (Å²) in [5.41, 5.74) is 1.95. The van der Waals surface area contributed by atoms with E-state index in [1.807, 2.05) is 30.3 Å². The van der Waals surface area contributed by atoms with E-state index in [0.717, 1.165) is 5.56 Å². The summed E-state index contributed by atoms with van der Waals surface area (Å²) < 4.78 is 5.38. The number of aromatic nitrogens is 1. The molecular formula is C23H21N3O5S. The molecule has 0 spiro atoms. The molecule has 2 N–H and O–H groups in total. The largest absolute Gasteiger partial charge is 0.478 e. The van der Waals surface area contributed by atoms with E-state index in [-0.39, 0.29) is 18.1 Å². The average molecular weight is 452 g/mol. The van der Waals surface area contributed by atoms with E-state index in [2.05, 4.69) is 10.3 Å². The summed E-state index contributed by atoms with van der Waals surface area (Å²) in [7, 11) is 0. The van der Waals surface area contributed by atoms with Gasteiger partial charge in [0.25, 0.3) is 0 Å². The second-order valence-corrected chi connectivity index (χ2v) is 8.13. The molecule has 2 amide bonds. The Labute approximate surface area is 188 Å². The van der Waals surface area contributed by atoms with Crippen LogP contribution >= 0.6 is 11.3 Å². The monoisotopic (exact) mass is 451 g/mol. The second kappa shape index (κ2) is 9.61. The molecule has 1 saturated heterocycles. The maximum atomic E-state index is 12.8. The molecule has 0 bridgehead atoms. The second-order valence-electron chi connectivity index (χ2n) is 7.27. The van der Waals surface area contributed by atoms with Gasteiger partial charge >= 0.3 is 12.1 Å². The van der Waals surface area contributed by atoms with Gasteiger partial charge in [0.1, 0.15) is 12.6 Å². The quantitative estimate of drug-likeness (QED) is 0.580. The number of aromatic carboxylic acids is 1. The van der Waals surface area contributed by atoms with E-state index in [1.54, 1.807) is 23.6 Å². The van der Waals surface area contributed by atoms with Crippen molar-refractivity contribution in [3.05, 3.63) is 71.1 Å². The van der Waals surface area contributed by atoms with Gasteiger partial charge in [0, 0.05) is 17.5 Å². The number of hydrogen-bond acceptors (Lipinski definition) is 6. The van der Waals surface area contributed by atoms with Gasteiger partial charge in [0.15, 0.2) is 5.13 Å². The van der Waals surface area contributed by atoms with E-state index in [4.69, 9.17) is 4.74 Å². The maximum absolute atomic E-state index is 12.8. The van der Waals surface area contributed by atoms with Gasteiger partial charge in [-0.05, 0) is 24.5 Å². The number of ether oxygens (including phenoxy) is 1. The number of carboxylic acid groups (broad SMARTS) is 1. The zero-order chi connectivity index (χ0) is 22.5. The van der Waals surface area contributed by atoms with Crippen LogP contribution in [0, 0.1) is 0 Å². The molecule has 164 valence electrons. The van der Waals surface area contributed by atoms with Crippen LogP contribution in [0.2, 0.25) is 0 Å². The number of likely N-dealkylation sites (tertiary alicyclic amines) is 1. The lowest BCUT2D eigenvalue weighted by Crippen LogP contribution is -2.43. The third-order valence-corrected chi connectivity index (χ3v) is 5.92. The first kappa shape index (κ1) is 21.5. The molecule has 8 nitrogen and oxygen atoms in total. The number of nitrogens with one attached hydrogen (secondary N) is 1. The summed E-state index contributed by atoms with van der Waals surface area (Å²) in [5.74, 6) is -1.39. The van der Waals surface area contributed by atoms with Gasteiger partial charge < -0.3 is 15.2 Å². The summed E-state index contributed by atoms with van der Waals surface area (Å²) in [6.45, 7) is 0.587. The summed E-state index contributed by atoms with van der Waals surface area (Å²) in [6, 6.07) is 15.3. The number of benzene rings is 2. The van der Waals surface area contributed by atoms with Crippen LogP contribution in [0.4, 0.5) is 9.93 Å². The van der Waals surface area contributed by atoms with E-state index in [1.165, 1.54) is 22.3 Å². The highest BCUT2D eigenvalue weighted by molar-refractivity contribution is 7.14. The SMILES string of the molecule is O=C(O)c1ccccc1-c1csc(NC(=O)C2CCCN2C(=O)OCc2ccccc2)n1. The lowest BCUT2D eigenvalue weighted by molar-refractivity contribution is -0.120. The van der Waals surface area contributed by atoms with Gasteiger partial charge in [-0.25, -0.2) is 14.6 Å². The number of hydrogen-bond donors (Lipinski definition) is 2. The Morgan fingerprint density at radius 1 is 1.12 bits per heavy atom. The van der Waals surface area contributed by atoms with Crippen LogP contribution in [-0.4, -0.2) is 45.5 Å². The van der Waals surface area contributed by atoms with Crippen LogP contribution in [0.1, 0.15) is 28.8 Å². The molecule has 1 aliphatic rings. The fourth-order valence-corrected chi connectivity index (χ4v) is 4.31. The molecular weight excluding hydrogens is 430 g/mol. The third kappa shape index (κ3) is 4.78. The highest BCUT2D eigenvalue weighted by atomic mass is 32.1. The zero-order valence-corrected chi connectivity index (χ0v) is 17.9. The molecule has 1 aromatic heterocycles. The van der Waals surface area contributed by atoms with E-state index >= 15 is 0 Å². The van der Waals surface area contributed by atoms with Crippen molar-refractivity contribution in [2.75, 3.05) is 11.9 Å². The number of rotatable bonds is 6. The highest BCUT2D eigenvalue weighted by Crippen LogP contribution is 2.28. The molecule has 0 radical (unpaired) electrons. The molecule has 4 rings (SSSR count). The van der Waals surface area contributed by atoms with Crippen LogP contribution in [0.3, 0.4) is 0 Å². The number of carbonyl (C=O) groups excluding carboxylic acids is 2. The summed E-state index contributed by atoms with van der Waals surface area (Å²) >= 11 is 1.20. The van der Waals surface area contributed by atoms with E-state index in [9.17, 15) is 19.5 Å². The van der Waals surface area contributed by atoms with Gasteiger partial charge in [-0.15, -0.1) is 11.3 Å². The Morgan fingerprint density at radius 3 is 2.66 bits per heavy atom. The van der Waals surface area contributed by atoms with Crippen LogP contribution in [0.15, 0.2) is 60.0 Å². The number of carboxylic acids is 1. The predicted octanol–water partition coefficient (Wildman–Crippen LogP) is 4.25. The lowest BCUT2D eigenvalue weighted by Gasteiger charge is -2.22. The summed E-state index contributed by atoms with van der Waals surface area (Å²) in [5, 5.41) is 14.2. The molecule has 0 saturated carbocycles. The van der Waals surface area contributed by atoms with Crippen molar-refractivity contribution in [1.29, 1.82) is 0 Å². The number of thiazole rings is 1. The minimum absolute atomic E-state index is 0.138. The fourth-order valence-electron chi connectivity index (χ4n) is 3.60. The number of carbonyl (C=O) groups is 3. The third-order valence-electron chi connectivity index (χ3n) is 5.16. The first-order chi connectivity index (χ1) is 15.5. The molecule has 2 aromatic carbocycles. The normalized spacial score (nSPS) is 15.4. The minimum Gasteiger partial charge on any atom is -0.478 e. The Balaban J connectivity index is 1.40. The first-order valence-electron chi connectivity index (χ1n) is 10.1. The summed E-state index contributed by atoms with van der Waals surface area (Å²) in [4.78, 5) is 42.6. The molecule has 1 atom stereocenters. The molecule has 1 unspecified atom stereocenters. The van der Waals surface area contributed by atoms with Crippen molar-refractivity contribution in [2.24, 2.45) is 0 Å². The Morgan fingerprint density at radius 2 is 1.88 bits per heavy atom. The number of nitrogens with zero attached hydrogens (tertiary/aromatic N) is 2. The smallest absolute Gasteiger partial charge is 0.410 e. The molecule has 2 heterocycles. The first-order valence-corrected chi connectivity index (χ1v) is 11.0. The molecule has 32 heavy (non-hydrogen) atoms. The van der Waals surface area contributed by atoms with E-state index in [0.29, 0.717) is 35.8 Å². The van der Waals surface area contributed by atoms with Gasteiger partial charge in [0.2, 0.25) is 5.91 Å². The van der Waals surface area contributed by atoms with Gasteiger partial charge in [0.05, 0.1) is 11.3 Å². The molecule has 9 heteroatoms.